The highest BCUT2D eigenvalue weighted by Crippen LogP contribution is 2.44. The van der Waals surface area contributed by atoms with Gasteiger partial charge in [-0.2, -0.15) is 5.10 Å². The van der Waals surface area contributed by atoms with Crippen molar-refractivity contribution in [3.63, 3.8) is 0 Å². The summed E-state index contributed by atoms with van der Waals surface area (Å²) < 4.78 is 16.9. The number of H-pyrrole nitrogens is 1. The average Bonchev–Trinajstić information content (AvgIpc) is 3.39. The maximum atomic E-state index is 13.5. The van der Waals surface area contributed by atoms with Gasteiger partial charge in [-0.3, -0.25) is 9.89 Å². The maximum Gasteiger partial charge on any atom is 0.273 e. The van der Waals surface area contributed by atoms with E-state index in [9.17, 15) is 4.79 Å². The zero-order chi connectivity index (χ0) is 24.9. The van der Waals surface area contributed by atoms with Crippen LogP contribution in [0.3, 0.4) is 0 Å². The molecule has 0 radical (unpaired) electrons. The van der Waals surface area contributed by atoms with Crippen molar-refractivity contribution in [2.45, 2.75) is 39.7 Å². The fourth-order valence-corrected chi connectivity index (χ4v) is 4.46. The molecule has 1 atom stereocenters. The number of carbonyl (C=O) groups excluding carboxylic acids is 1. The minimum atomic E-state index is -0.289. The molecule has 7 nitrogen and oxygen atoms in total. The first-order chi connectivity index (χ1) is 16.9. The molecule has 1 N–H and O–H groups in total. The first-order valence-corrected chi connectivity index (χ1v) is 12.2. The van der Waals surface area contributed by atoms with Crippen molar-refractivity contribution in [1.82, 2.24) is 15.1 Å². The van der Waals surface area contributed by atoms with Crippen molar-refractivity contribution < 1.29 is 19.0 Å². The van der Waals surface area contributed by atoms with Crippen LogP contribution in [0.2, 0.25) is 0 Å². The van der Waals surface area contributed by atoms with Crippen molar-refractivity contribution in [3.05, 3.63) is 64.8 Å². The summed E-state index contributed by atoms with van der Waals surface area (Å²) in [6, 6.07) is 13.9. The van der Waals surface area contributed by atoms with Crippen LogP contribution < -0.4 is 9.47 Å². The van der Waals surface area contributed by atoms with Gasteiger partial charge in [0.05, 0.1) is 25.5 Å². The second-order valence-corrected chi connectivity index (χ2v) is 9.42. The Hall–Kier alpha value is -3.32. The van der Waals surface area contributed by atoms with E-state index in [1.54, 1.807) is 14.2 Å². The molecular formula is C28H35N3O4. The van der Waals surface area contributed by atoms with Crippen LogP contribution in [0, 0.1) is 12.8 Å². The number of ether oxygens (including phenoxy) is 3. The Morgan fingerprint density at radius 3 is 2.51 bits per heavy atom. The molecule has 186 valence electrons. The highest BCUT2D eigenvalue weighted by molar-refractivity contribution is 6.00. The highest BCUT2D eigenvalue weighted by atomic mass is 16.5. The second-order valence-electron chi connectivity index (χ2n) is 9.42. The summed E-state index contributed by atoms with van der Waals surface area (Å²) in [7, 11) is 3.32. The number of nitrogens with one attached hydrogen (secondary N) is 1. The lowest BCUT2D eigenvalue weighted by atomic mass is 9.95. The normalized spacial score (nSPS) is 15.1. The van der Waals surface area contributed by atoms with E-state index >= 15 is 0 Å². The Morgan fingerprint density at radius 1 is 1.06 bits per heavy atom. The summed E-state index contributed by atoms with van der Waals surface area (Å²) >= 11 is 0. The van der Waals surface area contributed by atoms with Crippen LogP contribution in [0.1, 0.15) is 59.9 Å². The minimum absolute atomic E-state index is 0.0526. The summed E-state index contributed by atoms with van der Waals surface area (Å²) in [5.74, 6) is 1.87. The van der Waals surface area contributed by atoms with Gasteiger partial charge in [0.25, 0.3) is 5.91 Å². The monoisotopic (exact) mass is 477 g/mol. The fraction of sp³-hybridized carbons (Fsp3) is 0.429. The molecule has 0 aliphatic carbocycles. The number of fused-ring (bicyclic) bond motifs is 1. The largest absolute Gasteiger partial charge is 0.493 e. The minimum Gasteiger partial charge on any atom is -0.493 e. The lowest BCUT2D eigenvalue weighted by Gasteiger charge is -2.27. The summed E-state index contributed by atoms with van der Waals surface area (Å²) in [5.41, 5.74) is 5.34. The van der Waals surface area contributed by atoms with E-state index < -0.39 is 0 Å². The molecule has 2 heterocycles. The van der Waals surface area contributed by atoms with Crippen molar-refractivity contribution in [2.75, 3.05) is 34.0 Å². The number of carbonyl (C=O) groups is 1. The van der Waals surface area contributed by atoms with Crippen molar-refractivity contribution in [2.24, 2.45) is 5.92 Å². The maximum absolute atomic E-state index is 13.5. The van der Waals surface area contributed by atoms with Gasteiger partial charge in [-0.05, 0) is 43.4 Å². The van der Waals surface area contributed by atoms with Crippen molar-refractivity contribution in [3.8, 4) is 22.8 Å². The molecule has 0 saturated carbocycles. The molecule has 7 heteroatoms. The molecule has 3 aromatic rings. The van der Waals surface area contributed by atoms with Gasteiger partial charge in [0.2, 0.25) is 0 Å². The van der Waals surface area contributed by atoms with Gasteiger partial charge in [-0.1, -0.05) is 49.7 Å². The molecule has 0 fully saturated rings. The summed E-state index contributed by atoms with van der Waals surface area (Å²) in [5, 5.41) is 7.58. The zero-order valence-corrected chi connectivity index (χ0v) is 21.3. The number of amides is 1. The standard InChI is InChI=1S/C28H35N3O4/c1-18(2)13-16-35-22-12-11-21(17-23(22)34-5)27-24-25(20-9-7-19(3)8-10-20)29-30-26(24)28(32)31(27)14-6-15-33-4/h7-12,17-18,27H,6,13-16H2,1-5H3,(H,29,30). The molecule has 35 heavy (non-hydrogen) atoms. The zero-order valence-electron chi connectivity index (χ0n) is 21.3. The van der Waals surface area contributed by atoms with Gasteiger partial charge >= 0.3 is 0 Å². The average molecular weight is 478 g/mol. The van der Waals surface area contributed by atoms with Crippen LogP contribution in [0.4, 0.5) is 0 Å². The van der Waals surface area contributed by atoms with E-state index in [0.717, 1.165) is 35.2 Å². The smallest absolute Gasteiger partial charge is 0.273 e. The van der Waals surface area contributed by atoms with Crippen LogP contribution in [-0.2, 0) is 4.74 Å². The second kappa shape index (κ2) is 11.0. The molecule has 1 unspecified atom stereocenters. The molecular weight excluding hydrogens is 442 g/mol. The molecule has 1 aliphatic rings. The van der Waals surface area contributed by atoms with E-state index in [2.05, 4.69) is 43.1 Å². The molecule has 0 spiro atoms. The van der Waals surface area contributed by atoms with Crippen molar-refractivity contribution in [1.29, 1.82) is 0 Å². The van der Waals surface area contributed by atoms with Crippen LogP contribution in [0.25, 0.3) is 11.3 Å². The molecule has 1 amide bonds. The van der Waals surface area contributed by atoms with Crippen molar-refractivity contribution >= 4 is 5.91 Å². The van der Waals surface area contributed by atoms with Crippen LogP contribution in [0.15, 0.2) is 42.5 Å². The van der Waals surface area contributed by atoms with Crippen LogP contribution >= 0.6 is 0 Å². The molecule has 0 saturated heterocycles. The molecule has 2 aromatic carbocycles. The van der Waals surface area contributed by atoms with Gasteiger partial charge in [-0.25, -0.2) is 0 Å². The number of hydrogen-bond acceptors (Lipinski definition) is 5. The fourth-order valence-electron chi connectivity index (χ4n) is 4.46. The Kier molecular flexibility index (Phi) is 7.76. The Morgan fingerprint density at radius 2 is 1.83 bits per heavy atom. The van der Waals surface area contributed by atoms with E-state index in [0.29, 0.717) is 42.9 Å². The van der Waals surface area contributed by atoms with Gasteiger partial charge in [0, 0.05) is 31.4 Å². The van der Waals surface area contributed by atoms with Crippen LogP contribution in [0.5, 0.6) is 11.5 Å². The van der Waals surface area contributed by atoms with Gasteiger partial charge in [0.15, 0.2) is 11.5 Å². The lowest BCUT2D eigenvalue weighted by molar-refractivity contribution is 0.0723. The lowest BCUT2D eigenvalue weighted by Crippen LogP contribution is -2.31. The number of nitrogens with zero attached hydrogens (tertiary/aromatic N) is 2. The predicted molar refractivity (Wildman–Crippen MR) is 136 cm³/mol. The summed E-state index contributed by atoms with van der Waals surface area (Å²) in [6.45, 7) is 8.18. The number of benzene rings is 2. The first kappa shape index (κ1) is 24.8. The molecule has 4 rings (SSSR count). The van der Waals surface area contributed by atoms with E-state index in [4.69, 9.17) is 14.2 Å². The van der Waals surface area contributed by atoms with Gasteiger partial charge < -0.3 is 19.1 Å². The number of aryl methyl sites for hydroxylation is 1. The number of rotatable bonds is 11. The summed E-state index contributed by atoms with van der Waals surface area (Å²) in [4.78, 5) is 15.4. The van der Waals surface area contributed by atoms with Gasteiger partial charge in [-0.15, -0.1) is 0 Å². The third-order valence-corrected chi connectivity index (χ3v) is 6.39. The quantitative estimate of drug-likeness (QED) is 0.374. The predicted octanol–water partition coefficient (Wildman–Crippen LogP) is 5.40. The number of hydrogen-bond donors (Lipinski definition) is 1. The third-order valence-electron chi connectivity index (χ3n) is 6.39. The third kappa shape index (κ3) is 5.20. The Balaban J connectivity index is 1.74. The van der Waals surface area contributed by atoms with E-state index in [-0.39, 0.29) is 11.9 Å². The van der Waals surface area contributed by atoms with Crippen LogP contribution in [-0.4, -0.2) is 55.0 Å². The molecule has 1 aromatic heterocycles. The highest BCUT2D eigenvalue weighted by Gasteiger charge is 2.42. The SMILES string of the molecule is COCCCN1C(=O)c2[nH]nc(-c3ccc(C)cc3)c2C1c1ccc(OCCC(C)C)c(OC)c1. The Labute approximate surface area is 207 Å². The topological polar surface area (TPSA) is 76.7 Å². The number of aromatic nitrogens is 2. The Bertz CT molecular complexity index is 1150. The van der Waals surface area contributed by atoms with Gasteiger partial charge in [0.1, 0.15) is 5.69 Å². The molecule has 1 aliphatic heterocycles. The molecule has 0 bridgehead atoms. The number of aromatic amines is 1. The van der Waals surface area contributed by atoms with E-state index in [1.807, 2.05) is 35.2 Å². The number of methoxy groups -OCH3 is 2. The first-order valence-electron chi connectivity index (χ1n) is 12.2. The summed E-state index contributed by atoms with van der Waals surface area (Å²) in [6.07, 6.45) is 1.71. The van der Waals surface area contributed by atoms with E-state index in [1.165, 1.54) is 5.56 Å².